The zero-order valence-corrected chi connectivity index (χ0v) is 6.85. The predicted molar refractivity (Wildman–Crippen MR) is 47.7 cm³/mol. The minimum atomic E-state index is -0.0429. The lowest BCUT2D eigenvalue weighted by atomic mass is 10.0. The van der Waals surface area contributed by atoms with Crippen LogP contribution in [-0.4, -0.2) is 5.91 Å². The maximum atomic E-state index is 11.3. The molecule has 2 heteroatoms. The van der Waals surface area contributed by atoms with Crippen molar-refractivity contribution in [1.82, 2.24) is 5.32 Å². The first kappa shape index (κ1) is 7.10. The molecule has 0 aromatic heterocycles. The van der Waals surface area contributed by atoms with Crippen molar-refractivity contribution in [2.75, 3.05) is 0 Å². The molecule has 0 atom stereocenters. The average Bonchev–Trinajstić information content (AvgIpc) is 2.29. The molecule has 0 fully saturated rings. The van der Waals surface area contributed by atoms with Gasteiger partial charge in [-0.2, -0.15) is 0 Å². The topological polar surface area (TPSA) is 29.1 Å². The highest BCUT2D eigenvalue weighted by molar-refractivity contribution is 6.09. The molecule has 60 valence electrons. The number of benzene rings is 1. The van der Waals surface area contributed by atoms with Crippen molar-refractivity contribution in [2.24, 2.45) is 0 Å². The smallest absolute Gasteiger partial charge is 0.256 e. The van der Waals surface area contributed by atoms with Gasteiger partial charge in [0.15, 0.2) is 0 Å². The first-order valence-corrected chi connectivity index (χ1v) is 3.80. The monoisotopic (exact) mass is 159 g/mol. The minimum absolute atomic E-state index is 0.0429. The molecule has 0 aliphatic carbocycles. The third-order valence-electron chi connectivity index (χ3n) is 2.08. The van der Waals surface area contributed by atoms with Gasteiger partial charge in [0, 0.05) is 16.8 Å². The Morgan fingerprint density at radius 1 is 1.42 bits per heavy atom. The Balaban J connectivity index is 2.75. The Morgan fingerprint density at radius 2 is 2.17 bits per heavy atom. The quantitative estimate of drug-likeness (QED) is 0.613. The molecule has 1 amide bonds. The summed E-state index contributed by atoms with van der Waals surface area (Å²) in [5, 5.41) is 2.69. The largest absolute Gasteiger partial charge is 0.322 e. The van der Waals surface area contributed by atoms with E-state index >= 15 is 0 Å². The lowest BCUT2D eigenvalue weighted by molar-refractivity contribution is 0.0981. The molecule has 1 aliphatic heterocycles. The van der Waals surface area contributed by atoms with E-state index in [0.717, 1.165) is 16.7 Å². The Kier molecular flexibility index (Phi) is 1.30. The first-order chi connectivity index (χ1) is 5.70. The number of carbonyl (C=O) groups excluding carboxylic acids is 1. The van der Waals surface area contributed by atoms with Crippen molar-refractivity contribution in [3.63, 3.8) is 0 Å². The summed E-state index contributed by atoms with van der Waals surface area (Å²) in [6.45, 7) is 5.75. The van der Waals surface area contributed by atoms with Crippen LogP contribution in [0, 0.1) is 6.92 Å². The number of hydrogen-bond acceptors (Lipinski definition) is 1. The Bertz CT molecular complexity index is 379. The molecule has 0 spiro atoms. The Labute approximate surface area is 70.9 Å². The number of fused-ring (bicyclic) bond motifs is 1. The van der Waals surface area contributed by atoms with Crippen molar-refractivity contribution >= 4 is 11.6 Å². The summed E-state index contributed by atoms with van der Waals surface area (Å²) in [6.07, 6.45) is 0. The van der Waals surface area contributed by atoms with Crippen LogP contribution in [0.3, 0.4) is 0 Å². The fraction of sp³-hybridized carbons (Fsp3) is 0.100. The van der Waals surface area contributed by atoms with Gasteiger partial charge in [-0.1, -0.05) is 18.7 Å². The second-order valence-electron chi connectivity index (χ2n) is 2.93. The van der Waals surface area contributed by atoms with Gasteiger partial charge in [-0.3, -0.25) is 4.79 Å². The Hall–Kier alpha value is -1.57. The van der Waals surface area contributed by atoms with Crippen molar-refractivity contribution in [2.45, 2.75) is 6.92 Å². The fourth-order valence-corrected chi connectivity index (χ4v) is 1.52. The van der Waals surface area contributed by atoms with E-state index < -0.39 is 0 Å². The molecule has 0 unspecified atom stereocenters. The molecule has 1 aliphatic rings. The second-order valence-corrected chi connectivity index (χ2v) is 2.93. The molecule has 0 radical (unpaired) electrons. The van der Waals surface area contributed by atoms with E-state index in [2.05, 4.69) is 11.9 Å². The van der Waals surface area contributed by atoms with Crippen LogP contribution in [0.5, 0.6) is 0 Å². The van der Waals surface area contributed by atoms with E-state index in [4.69, 9.17) is 0 Å². The molecule has 0 saturated heterocycles. The Morgan fingerprint density at radius 3 is 2.83 bits per heavy atom. The van der Waals surface area contributed by atoms with E-state index in [0.29, 0.717) is 5.70 Å². The van der Waals surface area contributed by atoms with Crippen LogP contribution >= 0.6 is 0 Å². The molecular weight excluding hydrogens is 150 g/mol. The standard InChI is InChI=1S/C10H9NO/c1-6-4-3-5-8-9(6)7(2)11-10(8)12/h3-5H,2H2,1H3,(H,11,12). The number of hydrogen-bond donors (Lipinski definition) is 1. The van der Waals surface area contributed by atoms with Crippen LogP contribution in [-0.2, 0) is 0 Å². The summed E-state index contributed by atoms with van der Waals surface area (Å²) in [6, 6.07) is 5.67. The van der Waals surface area contributed by atoms with Crippen molar-refractivity contribution in [1.29, 1.82) is 0 Å². The van der Waals surface area contributed by atoms with E-state index in [1.165, 1.54) is 0 Å². The van der Waals surface area contributed by atoms with Crippen LogP contribution in [0.15, 0.2) is 24.8 Å². The van der Waals surface area contributed by atoms with Gasteiger partial charge >= 0.3 is 0 Å². The fourth-order valence-electron chi connectivity index (χ4n) is 1.52. The predicted octanol–water partition coefficient (Wildman–Crippen LogP) is 1.71. The van der Waals surface area contributed by atoms with Gasteiger partial charge < -0.3 is 5.32 Å². The van der Waals surface area contributed by atoms with Crippen LogP contribution < -0.4 is 5.32 Å². The third kappa shape index (κ3) is 0.780. The lowest BCUT2D eigenvalue weighted by Crippen LogP contribution is -2.11. The summed E-state index contributed by atoms with van der Waals surface area (Å²) >= 11 is 0. The maximum absolute atomic E-state index is 11.3. The summed E-state index contributed by atoms with van der Waals surface area (Å²) in [4.78, 5) is 11.3. The van der Waals surface area contributed by atoms with E-state index in [1.54, 1.807) is 0 Å². The van der Waals surface area contributed by atoms with Crippen LogP contribution in [0.25, 0.3) is 5.70 Å². The normalized spacial score (nSPS) is 14.4. The summed E-state index contributed by atoms with van der Waals surface area (Å²) in [7, 11) is 0. The van der Waals surface area contributed by atoms with Gasteiger partial charge in [-0.05, 0) is 18.6 Å². The van der Waals surface area contributed by atoms with Gasteiger partial charge in [0.25, 0.3) is 5.91 Å². The summed E-state index contributed by atoms with van der Waals surface area (Å²) < 4.78 is 0. The van der Waals surface area contributed by atoms with Crippen molar-refractivity contribution < 1.29 is 4.79 Å². The SMILES string of the molecule is C=C1NC(=O)c2cccc(C)c21. The van der Waals surface area contributed by atoms with Crippen LogP contribution in [0.1, 0.15) is 21.5 Å². The van der Waals surface area contributed by atoms with Crippen LogP contribution in [0.2, 0.25) is 0 Å². The number of carbonyl (C=O) groups is 1. The van der Waals surface area contributed by atoms with Crippen LogP contribution in [0.4, 0.5) is 0 Å². The van der Waals surface area contributed by atoms with Gasteiger partial charge in [-0.25, -0.2) is 0 Å². The minimum Gasteiger partial charge on any atom is -0.322 e. The van der Waals surface area contributed by atoms with E-state index in [9.17, 15) is 4.79 Å². The molecule has 2 rings (SSSR count). The molecule has 1 aromatic carbocycles. The van der Waals surface area contributed by atoms with Gasteiger partial charge in [0.1, 0.15) is 0 Å². The number of nitrogens with one attached hydrogen (secondary N) is 1. The van der Waals surface area contributed by atoms with Crippen molar-refractivity contribution in [3.05, 3.63) is 41.5 Å². The zero-order chi connectivity index (χ0) is 8.72. The number of amides is 1. The average molecular weight is 159 g/mol. The zero-order valence-electron chi connectivity index (χ0n) is 6.85. The molecule has 1 N–H and O–H groups in total. The highest BCUT2D eigenvalue weighted by Crippen LogP contribution is 2.25. The van der Waals surface area contributed by atoms with Gasteiger partial charge in [0.05, 0.1) is 0 Å². The van der Waals surface area contributed by atoms with E-state index in [-0.39, 0.29) is 5.91 Å². The maximum Gasteiger partial charge on any atom is 0.256 e. The molecule has 1 heterocycles. The van der Waals surface area contributed by atoms with Crippen molar-refractivity contribution in [3.8, 4) is 0 Å². The molecule has 0 bridgehead atoms. The summed E-state index contributed by atoms with van der Waals surface area (Å²) in [5.74, 6) is -0.0429. The highest BCUT2D eigenvalue weighted by atomic mass is 16.1. The molecule has 12 heavy (non-hydrogen) atoms. The third-order valence-corrected chi connectivity index (χ3v) is 2.08. The number of aryl methyl sites for hydroxylation is 1. The molecule has 1 aromatic rings. The highest BCUT2D eigenvalue weighted by Gasteiger charge is 2.22. The van der Waals surface area contributed by atoms with Gasteiger partial charge in [0.2, 0.25) is 0 Å². The molecule has 0 saturated carbocycles. The first-order valence-electron chi connectivity index (χ1n) is 3.80. The summed E-state index contributed by atoms with van der Waals surface area (Å²) in [5.41, 5.74) is 3.51. The molecular formula is C10H9NO. The van der Waals surface area contributed by atoms with Gasteiger partial charge in [-0.15, -0.1) is 0 Å². The molecule has 2 nitrogen and oxygen atoms in total. The number of rotatable bonds is 0. The second kappa shape index (κ2) is 2.21. The lowest BCUT2D eigenvalue weighted by Gasteiger charge is -2.00. The van der Waals surface area contributed by atoms with E-state index in [1.807, 2.05) is 25.1 Å².